The summed E-state index contributed by atoms with van der Waals surface area (Å²) in [6.45, 7) is 3.69. The third-order valence-corrected chi connectivity index (χ3v) is 4.45. The number of carboxylic acid groups (broad SMARTS) is 1. The zero-order valence-electron chi connectivity index (χ0n) is 11.2. The van der Waals surface area contributed by atoms with Crippen LogP contribution < -0.4 is 5.32 Å². The van der Waals surface area contributed by atoms with Gasteiger partial charge < -0.3 is 15.0 Å². The van der Waals surface area contributed by atoms with Crippen molar-refractivity contribution in [1.82, 2.24) is 20.1 Å². The Morgan fingerprint density at radius 2 is 2.45 bits per heavy atom. The molecule has 3 rings (SSSR count). The van der Waals surface area contributed by atoms with Crippen LogP contribution in [0.5, 0.6) is 0 Å². The number of fused-ring (bicyclic) bond motifs is 1. The molecule has 0 fully saturated rings. The van der Waals surface area contributed by atoms with Gasteiger partial charge in [-0.3, -0.25) is 0 Å². The summed E-state index contributed by atoms with van der Waals surface area (Å²) < 4.78 is 2.18. The lowest BCUT2D eigenvalue weighted by Crippen LogP contribution is -2.21. The van der Waals surface area contributed by atoms with Gasteiger partial charge in [0.05, 0.1) is 11.6 Å². The van der Waals surface area contributed by atoms with Gasteiger partial charge in [-0.2, -0.15) is 0 Å². The SMILES string of the molecule is CC(NCc1cc(C(=O)O)cs1)c1nnc2n1CCC2. The number of hydrogen-bond acceptors (Lipinski definition) is 5. The molecular weight excluding hydrogens is 276 g/mol. The van der Waals surface area contributed by atoms with E-state index < -0.39 is 5.97 Å². The molecule has 106 valence electrons. The van der Waals surface area contributed by atoms with Gasteiger partial charge in [0, 0.05) is 29.8 Å². The summed E-state index contributed by atoms with van der Waals surface area (Å²) in [7, 11) is 0. The molecule has 0 saturated carbocycles. The molecule has 2 aromatic rings. The maximum Gasteiger partial charge on any atom is 0.336 e. The molecule has 0 aliphatic carbocycles. The van der Waals surface area contributed by atoms with Crippen molar-refractivity contribution in [3.63, 3.8) is 0 Å². The average Bonchev–Trinajstić information content (AvgIpc) is 3.11. The van der Waals surface area contributed by atoms with Gasteiger partial charge in [-0.1, -0.05) is 0 Å². The number of nitrogens with zero attached hydrogens (tertiary/aromatic N) is 3. The highest BCUT2D eigenvalue weighted by Crippen LogP contribution is 2.20. The number of nitrogens with one attached hydrogen (secondary N) is 1. The van der Waals surface area contributed by atoms with Crippen LogP contribution in [0.4, 0.5) is 0 Å². The molecule has 0 radical (unpaired) electrons. The van der Waals surface area contributed by atoms with E-state index >= 15 is 0 Å². The predicted molar refractivity (Wildman–Crippen MR) is 74.9 cm³/mol. The van der Waals surface area contributed by atoms with Crippen molar-refractivity contribution in [2.75, 3.05) is 0 Å². The zero-order valence-corrected chi connectivity index (χ0v) is 12.0. The van der Waals surface area contributed by atoms with Crippen LogP contribution in [-0.2, 0) is 19.5 Å². The molecule has 0 aromatic carbocycles. The van der Waals surface area contributed by atoms with E-state index in [-0.39, 0.29) is 6.04 Å². The van der Waals surface area contributed by atoms with Crippen LogP contribution in [0.15, 0.2) is 11.4 Å². The van der Waals surface area contributed by atoms with Gasteiger partial charge in [0.15, 0.2) is 0 Å². The van der Waals surface area contributed by atoms with Crippen LogP contribution in [0.25, 0.3) is 0 Å². The molecule has 3 heterocycles. The average molecular weight is 292 g/mol. The summed E-state index contributed by atoms with van der Waals surface area (Å²) in [6, 6.07) is 1.81. The zero-order chi connectivity index (χ0) is 14.1. The lowest BCUT2D eigenvalue weighted by atomic mass is 10.3. The van der Waals surface area contributed by atoms with Gasteiger partial charge >= 0.3 is 5.97 Å². The monoisotopic (exact) mass is 292 g/mol. The van der Waals surface area contributed by atoms with Gasteiger partial charge in [-0.05, 0) is 19.4 Å². The molecule has 0 saturated heterocycles. The summed E-state index contributed by atoms with van der Waals surface area (Å²) >= 11 is 1.46. The van der Waals surface area contributed by atoms with E-state index in [9.17, 15) is 4.79 Å². The largest absolute Gasteiger partial charge is 0.478 e. The molecule has 0 bridgehead atoms. The predicted octanol–water partition coefficient (Wildman–Crippen LogP) is 1.83. The van der Waals surface area contributed by atoms with Gasteiger partial charge in [-0.25, -0.2) is 4.79 Å². The fraction of sp³-hybridized carbons (Fsp3) is 0.462. The van der Waals surface area contributed by atoms with Crippen molar-refractivity contribution in [2.45, 2.75) is 38.9 Å². The fourth-order valence-electron chi connectivity index (χ4n) is 2.42. The second kappa shape index (κ2) is 5.34. The first-order valence-electron chi connectivity index (χ1n) is 6.61. The number of carboxylic acids is 1. The third kappa shape index (κ3) is 2.46. The Labute approximate surface area is 120 Å². The lowest BCUT2D eigenvalue weighted by Gasteiger charge is -2.13. The Kier molecular flexibility index (Phi) is 3.54. The first kappa shape index (κ1) is 13.3. The molecule has 1 atom stereocenters. The maximum absolute atomic E-state index is 10.8. The molecule has 2 N–H and O–H groups in total. The number of aromatic nitrogens is 3. The minimum atomic E-state index is -0.879. The number of thiophene rings is 1. The molecular formula is C13H16N4O2S. The number of aryl methyl sites for hydroxylation is 1. The van der Waals surface area contributed by atoms with E-state index in [0.29, 0.717) is 12.1 Å². The number of aromatic carboxylic acids is 1. The van der Waals surface area contributed by atoms with Crippen molar-refractivity contribution in [3.05, 3.63) is 33.5 Å². The molecule has 2 aromatic heterocycles. The van der Waals surface area contributed by atoms with Crippen LogP contribution in [0.3, 0.4) is 0 Å². The molecule has 1 unspecified atom stereocenters. The van der Waals surface area contributed by atoms with Crippen molar-refractivity contribution in [1.29, 1.82) is 0 Å². The van der Waals surface area contributed by atoms with Crippen molar-refractivity contribution in [3.8, 4) is 0 Å². The maximum atomic E-state index is 10.8. The number of rotatable bonds is 5. The van der Waals surface area contributed by atoms with Crippen LogP contribution in [0.1, 0.15) is 46.3 Å². The normalized spacial score (nSPS) is 15.2. The quantitative estimate of drug-likeness (QED) is 0.879. The minimum Gasteiger partial charge on any atom is -0.478 e. The Bertz CT molecular complexity index is 634. The van der Waals surface area contributed by atoms with Crippen LogP contribution in [-0.4, -0.2) is 25.8 Å². The van der Waals surface area contributed by atoms with E-state index in [1.54, 1.807) is 11.4 Å². The van der Waals surface area contributed by atoms with Gasteiger partial charge in [0.1, 0.15) is 11.6 Å². The number of hydrogen-bond donors (Lipinski definition) is 2. The topological polar surface area (TPSA) is 80.0 Å². The Morgan fingerprint density at radius 3 is 3.20 bits per heavy atom. The van der Waals surface area contributed by atoms with Crippen LogP contribution in [0.2, 0.25) is 0 Å². The highest BCUT2D eigenvalue weighted by atomic mass is 32.1. The Balaban J connectivity index is 1.64. The summed E-state index contributed by atoms with van der Waals surface area (Å²) in [5.41, 5.74) is 0.350. The number of carbonyl (C=O) groups is 1. The van der Waals surface area contributed by atoms with E-state index in [1.165, 1.54) is 11.3 Å². The molecule has 1 aliphatic heterocycles. The highest BCUT2D eigenvalue weighted by Gasteiger charge is 2.21. The van der Waals surface area contributed by atoms with E-state index in [2.05, 4.69) is 27.0 Å². The third-order valence-electron chi connectivity index (χ3n) is 3.51. The van der Waals surface area contributed by atoms with Crippen molar-refractivity contribution in [2.24, 2.45) is 0 Å². The molecule has 1 aliphatic rings. The summed E-state index contributed by atoms with van der Waals surface area (Å²) in [6.07, 6.45) is 2.14. The molecule has 6 nitrogen and oxygen atoms in total. The minimum absolute atomic E-state index is 0.102. The summed E-state index contributed by atoms with van der Waals surface area (Å²) in [5, 5.41) is 22.4. The van der Waals surface area contributed by atoms with E-state index in [1.807, 2.05) is 0 Å². The molecule has 20 heavy (non-hydrogen) atoms. The van der Waals surface area contributed by atoms with E-state index in [4.69, 9.17) is 5.11 Å². The van der Waals surface area contributed by atoms with E-state index in [0.717, 1.165) is 35.9 Å². The lowest BCUT2D eigenvalue weighted by molar-refractivity contribution is 0.0697. The van der Waals surface area contributed by atoms with Crippen LogP contribution >= 0.6 is 11.3 Å². The first-order valence-corrected chi connectivity index (χ1v) is 7.49. The van der Waals surface area contributed by atoms with Gasteiger partial charge in [-0.15, -0.1) is 21.5 Å². The highest BCUT2D eigenvalue weighted by molar-refractivity contribution is 7.10. The standard InChI is InChI=1S/C13H16N4O2S/c1-8(12-16-15-11-3-2-4-17(11)12)14-6-10-5-9(7-20-10)13(18)19/h5,7-8,14H,2-4,6H2,1H3,(H,18,19). The summed E-state index contributed by atoms with van der Waals surface area (Å²) in [5.74, 6) is 1.15. The van der Waals surface area contributed by atoms with Crippen LogP contribution in [0, 0.1) is 0 Å². The molecule has 0 amide bonds. The molecule has 0 spiro atoms. The Hall–Kier alpha value is -1.73. The van der Waals surface area contributed by atoms with Gasteiger partial charge in [0.25, 0.3) is 0 Å². The first-order chi connectivity index (χ1) is 9.65. The van der Waals surface area contributed by atoms with Crippen molar-refractivity contribution < 1.29 is 9.90 Å². The van der Waals surface area contributed by atoms with Gasteiger partial charge in [0.2, 0.25) is 0 Å². The molecule has 7 heteroatoms. The smallest absolute Gasteiger partial charge is 0.336 e. The second-order valence-electron chi connectivity index (χ2n) is 4.94. The second-order valence-corrected chi connectivity index (χ2v) is 5.93. The Morgan fingerprint density at radius 1 is 1.60 bits per heavy atom. The fourth-order valence-corrected chi connectivity index (χ4v) is 3.23. The summed E-state index contributed by atoms with van der Waals surface area (Å²) in [4.78, 5) is 11.8. The van der Waals surface area contributed by atoms with Crippen molar-refractivity contribution >= 4 is 17.3 Å².